The first-order valence-electron chi connectivity index (χ1n) is 7.63. The molecule has 2 N–H and O–H groups in total. The Kier molecular flexibility index (Phi) is 4.35. The summed E-state index contributed by atoms with van der Waals surface area (Å²) in [6, 6.07) is 0. The molecule has 1 aliphatic carbocycles. The zero-order valence-electron chi connectivity index (χ0n) is 14.2. The molecule has 0 aromatic rings. The van der Waals surface area contributed by atoms with Crippen molar-refractivity contribution in [3.63, 3.8) is 0 Å². The molecule has 120 valence electrons. The number of rotatable bonds is 4. The average molecular weight is 296 g/mol. The monoisotopic (exact) mass is 296 g/mol. The number of carboxylic acid groups (broad SMARTS) is 2. The van der Waals surface area contributed by atoms with Crippen LogP contribution in [0.25, 0.3) is 0 Å². The summed E-state index contributed by atoms with van der Waals surface area (Å²) in [5.74, 6) is -2.51. The van der Waals surface area contributed by atoms with Crippen molar-refractivity contribution in [3.8, 4) is 0 Å². The lowest BCUT2D eigenvalue weighted by Gasteiger charge is -2.61. The van der Waals surface area contributed by atoms with Crippen LogP contribution in [0.2, 0.25) is 0 Å². The smallest absolute Gasteiger partial charge is 0.332 e. The second kappa shape index (κ2) is 5.15. The highest BCUT2D eigenvalue weighted by Gasteiger charge is 2.62. The predicted molar refractivity (Wildman–Crippen MR) is 82.0 cm³/mol. The minimum atomic E-state index is -1.11. The molecule has 0 amide bonds. The van der Waals surface area contributed by atoms with Gasteiger partial charge in [0.15, 0.2) is 0 Å². The number of carbonyl (C=O) groups is 2. The van der Waals surface area contributed by atoms with E-state index in [4.69, 9.17) is 0 Å². The quantitative estimate of drug-likeness (QED) is 0.823. The van der Waals surface area contributed by atoms with Gasteiger partial charge >= 0.3 is 11.9 Å². The van der Waals surface area contributed by atoms with E-state index in [9.17, 15) is 19.8 Å². The highest BCUT2D eigenvalue weighted by molar-refractivity contribution is 6.00. The Balaban J connectivity index is 3.89. The maximum Gasteiger partial charge on any atom is 0.332 e. The molecule has 4 nitrogen and oxygen atoms in total. The van der Waals surface area contributed by atoms with Gasteiger partial charge in [-0.25, -0.2) is 9.59 Å². The number of hydrogen-bond donors (Lipinski definition) is 2. The van der Waals surface area contributed by atoms with Gasteiger partial charge in [0.1, 0.15) is 0 Å². The normalized spacial score (nSPS) is 26.5. The summed E-state index contributed by atoms with van der Waals surface area (Å²) in [4.78, 5) is 23.6. The summed E-state index contributed by atoms with van der Waals surface area (Å²) >= 11 is 0. The molecule has 1 atom stereocenters. The van der Waals surface area contributed by atoms with E-state index in [1.54, 1.807) is 0 Å². The lowest BCUT2D eigenvalue weighted by molar-refractivity contribution is -0.146. The molecule has 0 fully saturated rings. The molecule has 1 rings (SSSR count). The van der Waals surface area contributed by atoms with E-state index >= 15 is 0 Å². The molecule has 0 saturated heterocycles. The summed E-state index contributed by atoms with van der Waals surface area (Å²) in [6.07, 6.45) is 1.65. The van der Waals surface area contributed by atoms with E-state index in [1.165, 1.54) is 0 Å². The standard InChI is InChI=1S/C17H28O4/c1-8-17(9-2)10(3)11(13(18)19)12(14(20)21)15(4,5)16(17,6)7/h10H,8-9H2,1-7H3,(H,18,19)(H,20,21). The van der Waals surface area contributed by atoms with E-state index in [2.05, 4.69) is 27.7 Å². The molecule has 0 aromatic heterocycles. The average Bonchev–Trinajstić information content (AvgIpc) is 2.34. The SMILES string of the molecule is CCC1(CC)C(C)C(C(=O)O)=C(C(=O)O)C(C)(C)C1(C)C. The summed E-state index contributed by atoms with van der Waals surface area (Å²) in [7, 11) is 0. The van der Waals surface area contributed by atoms with Gasteiger partial charge in [0, 0.05) is 5.41 Å². The van der Waals surface area contributed by atoms with Crippen molar-refractivity contribution in [3.05, 3.63) is 11.1 Å². The van der Waals surface area contributed by atoms with Crippen molar-refractivity contribution >= 4 is 11.9 Å². The Labute approximate surface area is 127 Å². The Hall–Kier alpha value is -1.32. The van der Waals surface area contributed by atoms with E-state index in [0.29, 0.717) is 0 Å². The first-order chi connectivity index (χ1) is 9.42. The Morgan fingerprint density at radius 1 is 1.00 bits per heavy atom. The van der Waals surface area contributed by atoms with Crippen LogP contribution in [0, 0.1) is 22.2 Å². The highest BCUT2D eigenvalue weighted by atomic mass is 16.4. The molecule has 21 heavy (non-hydrogen) atoms. The van der Waals surface area contributed by atoms with E-state index in [1.807, 2.05) is 20.8 Å². The summed E-state index contributed by atoms with van der Waals surface area (Å²) < 4.78 is 0. The number of carboxylic acids is 2. The van der Waals surface area contributed by atoms with Crippen molar-refractivity contribution in [2.24, 2.45) is 22.2 Å². The first kappa shape index (κ1) is 17.7. The van der Waals surface area contributed by atoms with Crippen LogP contribution in [0.15, 0.2) is 11.1 Å². The van der Waals surface area contributed by atoms with Crippen LogP contribution in [-0.2, 0) is 9.59 Å². The Bertz CT molecular complexity index is 493. The maximum absolute atomic E-state index is 11.8. The zero-order valence-corrected chi connectivity index (χ0v) is 14.2. The molecular formula is C17H28O4. The second-order valence-electron chi connectivity index (χ2n) is 7.23. The molecule has 4 heteroatoms. The molecule has 0 heterocycles. The largest absolute Gasteiger partial charge is 0.478 e. The van der Waals surface area contributed by atoms with Gasteiger partial charge in [-0.2, -0.15) is 0 Å². The van der Waals surface area contributed by atoms with Crippen LogP contribution < -0.4 is 0 Å². The summed E-state index contributed by atoms with van der Waals surface area (Å²) in [5, 5.41) is 19.3. The minimum absolute atomic E-state index is 0.0602. The van der Waals surface area contributed by atoms with Crippen molar-refractivity contribution in [1.82, 2.24) is 0 Å². The van der Waals surface area contributed by atoms with Gasteiger partial charge in [0.05, 0.1) is 11.1 Å². The molecular weight excluding hydrogens is 268 g/mol. The molecule has 1 unspecified atom stereocenters. The van der Waals surface area contributed by atoms with E-state index in [0.717, 1.165) is 12.8 Å². The lowest BCUT2D eigenvalue weighted by Crippen LogP contribution is -2.57. The van der Waals surface area contributed by atoms with Gasteiger partial charge in [-0.15, -0.1) is 0 Å². The fraction of sp³-hybridized carbons (Fsp3) is 0.765. The van der Waals surface area contributed by atoms with Crippen molar-refractivity contribution in [2.45, 2.75) is 61.3 Å². The molecule has 0 spiro atoms. The van der Waals surface area contributed by atoms with Crippen LogP contribution in [0.1, 0.15) is 61.3 Å². The fourth-order valence-corrected chi connectivity index (χ4v) is 4.73. The van der Waals surface area contributed by atoms with Crippen LogP contribution in [0.4, 0.5) is 0 Å². The van der Waals surface area contributed by atoms with Crippen LogP contribution in [-0.4, -0.2) is 22.2 Å². The van der Waals surface area contributed by atoms with Crippen LogP contribution in [0.3, 0.4) is 0 Å². The van der Waals surface area contributed by atoms with Crippen molar-refractivity contribution in [1.29, 1.82) is 0 Å². The molecule has 1 aliphatic rings. The second-order valence-corrected chi connectivity index (χ2v) is 7.23. The molecule has 0 bridgehead atoms. The number of hydrogen-bond acceptors (Lipinski definition) is 2. The zero-order chi connectivity index (χ0) is 16.8. The third-order valence-corrected chi connectivity index (χ3v) is 6.67. The highest BCUT2D eigenvalue weighted by Crippen LogP contribution is 2.66. The Morgan fingerprint density at radius 3 is 1.71 bits per heavy atom. The maximum atomic E-state index is 11.8. The van der Waals surface area contributed by atoms with Gasteiger partial charge in [-0.05, 0) is 29.6 Å². The van der Waals surface area contributed by atoms with Crippen LogP contribution in [0.5, 0.6) is 0 Å². The first-order valence-corrected chi connectivity index (χ1v) is 7.63. The van der Waals surface area contributed by atoms with E-state index < -0.39 is 17.4 Å². The van der Waals surface area contributed by atoms with Crippen LogP contribution >= 0.6 is 0 Å². The fourth-order valence-electron chi connectivity index (χ4n) is 4.73. The lowest BCUT2D eigenvalue weighted by atomic mass is 9.42. The topological polar surface area (TPSA) is 74.6 Å². The predicted octanol–water partition coefficient (Wildman–Crippen LogP) is 3.96. The minimum Gasteiger partial charge on any atom is -0.478 e. The molecule has 0 saturated carbocycles. The number of aliphatic carboxylic acids is 2. The van der Waals surface area contributed by atoms with E-state index in [-0.39, 0.29) is 27.9 Å². The summed E-state index contributed by atoms with van der Waals surface area (Å²) in [5.41, 5.74) is -1.13. The Morgan fingerprint density at radius 2 is 1.43 bits per heavy atom. The molecule has 0 aliphatic heterocycles. The summed E-state index contributed by atoms with van der Waals surface area (Å²) in [6.45, 7) is 13.9. The van der Waals surface area contributed by atoms with Crippen molar-refractivity contribution in [2.75, 3.05) is 0 Å². The van der Waals surface area contributed by atoms with Gasteiger partial charge in [0.2, 0.25) is 0 Å². The van der Waals surface area contributed by atoms with Gasteiger partial charge < -0.3 is 10.2 Å². The molecule has 0 aromatic carbocycles. The third kappa shape index (κ3) is 2.02. The molecule has 0 radical (unpaired) electrons. The van der Waals surface area contributed by atoms with Gasteiger partial charge in [-0.1, -0.05) is 48.5 Å². The third-order valence-electron chi connectivity index (χ3n) is 6.67. The van der Waals surface area contributed by atoms with Gasteiger partial charge in [-0.3, -0.25) is 0 Å². The van der Waals surface area contributed by atoms with Crippen molar-refractivity contribution < 1.29 is 19.8 Å². The van der Waals surface area contributed by atoms with Gasteiger partial charge in [0.25, 0.3) is 0 Å².